The summed E-state index contributed by atoms with van der Waals surface area (Å²) in [6, 6.07) is 0. The molecule has 0 aromatic rings. The Balaban J connectivity index is 3.40. The molecule has 0 aliphatic rings. The summed E-state index contributed by atoms with van der Waals surface area (Å²) in [6.45, 7) is 5.43. The van der Waals surface area contributed by atoms with Crippen LogP contribution in [0.25, 0.3) is 0 Å². The second-order valence-corrected chi connectivity index (χ2v) is 2.44. The van der Waals surface area contributed by atoms with E-state index in [1.54, 1.807) is 0 Å². The third-order valence-electron chi connectivity index (χ3n) is 1.49. The molecule has 10 heavy (non-hydrogen) atoms. The number of hydrogen-bond acceptors (Lipinski definition) is 2. The SMILES string of the molecule is C=C[C@@H](O)[C@@H](O)CCCC. The molecule has 2 heteroatoms. The van der Waals surface area contributed by atoms with Gasteiger partial charge in [0.1, 0.15) is 0 Å². The highest BCUT2D eigenvalue weighted by Crippen LogP contribution is 2.04. The Hall–Kier alpha value is -0.340. The lowest BCUT2D eigenvalue weighted by Gasteiger charge is -2.12. The molecule has 2 atom stereocenters. The van der Waals surface area contributed by atoms with Crippen molar-refractivity contribution in [1.29, 1.82) is 0 Å². The molecule has 0 unspecified atom stereocenters. The Kier molecular flexibility index (Phi) is 5.26. The van der Waals surface area contributed by atoms with E-state index in [9.17, 15) is 0 Å². The molecule has 0 bridgehead atoms. The molecule has 0 aromatic carbocycles. The molecule has 0 saturated carbocycles. The third-order valence-corrected chi connectivity index (χ3v) is 1.49. The van der Waals surface area contributed by atoms with E-state index in [1.165, 1.54) is 6.08 Å². The maximum atomic E-state index is 9.13. The molecule has 0 aromatic heterocycles. The predicted molar refractivity (Wildman–Crippen MR) is 41.7 cm³/mol. The molecule has 0 heterocycles. The van der Waals surface area contributed by atoms with Crippen LogP contribution in [0.3, 0.4) is 0 Å². The zero-order valence-electron chi connectivity index (χ0n) is 6.45. The van der Waals surface area contributed by atoms with E-state index in [2.05, 4.69) is 6.58 Å². The minimum Gasteiger partial charge on any atom is -0.390 e. The van der Waals surface area contributed by atoms with Gasteiger partial charge in [-0.25, -0.2) is 0 Å². The summed E-state index contributed by atoms with van der Waals surface area (Å²) >= 11 is 0. The Bertz CT molecular complexity index is 91.3. The van der Waals surface area contributed by atoms with Gasteiger partial charge < -0.3 is 10.2 Å². The maximum absolute atomic E-state index is 9.13. The zero-order valence-corrected chi connectivity index (χ0v) is 6.45. The summed E-state index contributed by atoms with van der Waals surface area (Å²) in [5, 5.41) is 18.1. The van der Waals surface area contributed by atoms with Crippen LogP contribution >= 0.6 is 0 Å². The molecular formula is C8H16O2. The fourth-order valence-corrected chi connectivity index (χ4v) is 0.741. The zero-order chi connectivity index (χ0) is 7.98. The molecule has 0 spiro atoms. The van der Waals surface area contributed by atoms with Crippen LogP contribution in [-0.2, 0) is 0 Å². The average Bonchev–Trinajstić information content (AvgIpc) is 1.98. The van der Waals surface area contributed by atoms with Crippen molar-refractivity contribution < 1.29 is 10.2 Å². The first-order valence-electron chi connectivity index (χ1n) is 3.71. The van der Waals surface area contributed by atoms with Gasteiger partial charge in [-0.15, -0.1) is 6.58 Å². The maximum Gasteiger partial charge on any atom is 0.0977 e. The largest absolute Gasteiger partial charge is 0.390 e. The topological polar surface area (TPSA) is 40.5 Å². The van der Waals surface area contributed by atoms with Gasteiger partial charge in [0.2, 0.25) is 0 Å². The van der Waals surface area contributed by atoms with Gasteiger partial charge in [-0.2, -0.15) is 0 Å². The minimum absolute atomic E-state index is 0.627. The lowest BCUT2D eigenvalue weighted by Crippen LogP contribution is -2.22. The molecule has 0 aliphatic carbocycles. The van der Waals surface area contributed by atoms with Gasteiger partial charge in [-0.05, 0) is 6.42 Å². The number of aliphatic hydroxyl groups is 2. The van der Waals surface area contributed by atoms with Crippen molar-refractivity contribution in [2.24, 2.45) is 0 Å². The van der Waals surface area contributed by atoms with Crippen LogP contribution in [0, 0.1) is 0 Å². The Labute approximate surface area is 62.2 Å². The molecule has 0 radical (unpaired) electrons. The lowest BCUT2D eigenvalue weighted by molar-refractivity contribution is 0.0420. The number of hydrogen-bond donors (Lipinski definition) is 2. The first kappa shape index (κ1) is 9.66. The summed E-state index contributed by atoms with van der Waals surface area (Å²) < 4.78 is 0. The van der Waals surface area contributed by atoms with Gasteiger partial charge >= 0.3 is 0 Å². The number of rotatable bonds is 5. The Morgan fingerprint density at radius 1 is 1.50 bits per heavy atom. The van der Waals surface area contributed by atoms with E-state index in [0.717, 1.165) is 12.8 Å². The van der Waals surface area contributed by atoms with E-state index >= 15 is 0 Å². The van der Waals surface area contributed by atoms with E-state index in [0.29, 0.717) is 6.42 Å². The lowest BCUT2D eigenvalue weighted by atomic mass is 10.1. The van der Waals surface area contributed by atoms with Crippen molar-refractivity contribution in [3.05, 3.63) is 12.7 Å². The van der Waals surface area contributed by atoms with Crippen molar-refractivity contribution in [3.8, 4) is 0 Å². The summed E-state index contributed by atoms with van der Waals surface area (Å²) in [7, 11) is 0. The molecule has 0 amide bonds. The highest BCUT2D eigenvalue weighted by Gasteiger charge is 2.10. The van der Waals surface area contributed by atoms with Gasteiger partial charge in [0, 0.05) is 0 Å². The van der Waals surface area contributed by atoms with Gasteiger partial charge in [-0.3, -0.25) is 0 Å². The molecule has 0 fully saturated rings. The van der Waals surface area contributed by atoms with E-state index in [-0.39, 0.29) is 0 Å². The van der Waals surface area contributed by atoms with Crippen LogP contribution in [0.2, 0.25) is 0 Å². The first-order valence-corrected chi connectivity index (χ1v) is 3.71. The summed E-state index contributed by atoms with van der Waals surface area (Å²) in [5.74, 6) is 0. The van der Waals surface area contributed by atoms with Crippen molar-refractivity contribution in [2.75, 3.05) is 0 Å². The smallest absolute Gasteiger partial charge is 0.0977 e. The monoisotopic (exact) mass is 144 g/mol. The highest BCUT2D eigenvalue weighted by molar-refractivity contribution is 4.83. The Morgan fingerprint density at radius 2 is 2.10 bits per heavy atom. The molecule has 0 saturated heterocycles. The average molecular weight is 144 g/mol. The van der Waals surface area contributed by atoms with Crippen molar-refractivity contribution in [1.82, 2.24) is 0 Å². The van der Waals surface area contributed by atoms with Gasteiger partial charge in [-0.1, -0.05) is 25.8 Å². The normalized spacial score (nSPS) is 16.3. The fraction of sp³-hybridized carbons (Fsp3) is 0.750. The van der Waals surface area contributed by atoms with Crippen molar-refractivity contribution >= 4 is 0 Å². The third kappa shape index (κ3) is 3.64. The standard InChI is InChI=1S/C8H16O2/c1-3-5-6-8(10)7(9)4-2/h4,7-10H,2-3,5-6H2,1H3/t7-,8+/m1/s1. The Morgan fingerprint density at radius 3 is 2.50 bits per heavy atom. The summed E-state index contributed by atoms with van der Waals surface area (Å²) in [4.78, 5) is 0. The summed E-state index contributed by atoms with van der Waals surface area (Å²) in [6.07, 6.45) is 2.63. The second kappa shape index (κ2) is 5.45. The summed E-state index contributed by atoms with van der Waals surface area (Å²) in [5.41, 5.74) is 0. The predicted octanol–water partition coefficient (Wildman–Crippen LogP) is 1.08. The van der Waals surface area contributed by atoms with E-state index in [1.807, 2.05) is 6.92 Å². The van der Waals surface area contributed by atoms with Crippen LogP contribution in [0.4, 0.5) is 0 Å². The van der Waals surface area contributed by atoms with Crippen LogP contribution in [-0.4, -0.2) is 22.4 Å². The molecule has 2 N–H and O–H groups in total. The quantitative estimate of drug-likeness (QED) is 0.567. The molecule has 0 rings (SSSR count). The van der Waals surface area contributed by atoms with Crippen LogP contribution in [0.1, 0.15) is 26.2 Å². The van der Waals surface area contributed by atoms with Gasteiger partial charge in [0.25, 0.3) is 0 Å². The highest BCUT2D eigenvalue weighted by atomic mass is 16.3. The molecule has 2 nitrogen and oxygen atoms in total. The van der Waals surface area contributed by atoms with Crippen LogP contribution in [0.15, 0.2) is 12.7 Å². The number of aliphatic hydroxyl groups excluding tert-OH is 2. The number of unbranched alkanes of at least 4 members (excludes halogenated alkanes) is 1. The van der Waals surface area contributed by atoms with E-state index in [4.69, 9.17) is 10.2 Å². The molecule has 0 aliphatic heterocycles. The van der Waals surface area contributed by atoms with Crippen molar-refractivity contribution in [2.45, 2.75) is 38.4 Å². The van der Waals surface area contributed by atoms with Gasteiger partial charge in [0.05, 0.1) is 12.2 Å². The van der Waals surface area contributed by atoms with E-state index < -0.39 is 12.2 Å². The second-order valence-electron chi connectivity index (χ2n) is 2.44. The van der Waals surface area contributed by atoms with Crippen molar-refractivity contribution in [3.63, 3.8) is 0 Å². The fourth-order valence-electron chi connectivity index (χ4n) is 0.741. The van der Waals surface area contributed by atoms with Gasteiger partial charge in [0.15, 0.2) is 0 Å². The van der Waals surface area contributed by atoms with Crippen LogP contribution < -0.4 is 0 Å². The first-order chi connectivity index (χ1) is 4.72. The molecule has 60 valence electrons. The van der Waals surface area contributed by atoms with Crippen LogP contribution in [0.5, 0.6) is 0 Å². The molecular weight excluding hydrogens is 128 g/mol. The minimum atomic E-state index is -0.758.